The van der Waals surface area contributed by atoms with Gasteiger partial charge in [0.1, 0.15) is 0 Å². The van der Waals surface area contributed by atoms with E-state index in [1.54, 1.807) is 29.4 Å². The minimum Gasteiger partial charge on any atom is -0.326 e. The van der Waals surface area contributed by atoms with E-state index < -0.39 is 10.0 Å². The van der Waals surface area contributed by atoms with Gasteiger partial charge in [-0.25, -0.2) is 8.42 Å². The van der Waals surface area contributed by atoms with Crippen LogP contribution >= 0.6 is 0 Å². The van der Waals surface area contributed by atoms with Crippen LogP contribution in [0.25, 0.3) is 0 Å². The molecule has 1 aromatic carbocycles. The molecule has 0 unspecified atom stereocenters. The van der Waals surface area contributed by atoms with E-state index in [0.717, 1.165) is 42.8 Å². The van der Waals surface area contributed by atoms with Crippen molar-refractivity contribution in [3.8, 4) is 0 Å². The third-order valence-corrected chi connectivity index (χ3v) is 7.85. The molecular weight excluding hydrogens is 412 g/mol. The summed E-state index contributed by atoms with van der Waals surface area (Å²) in [5.74, 6) is 0.285. The van der Waals surface area contributed by atoms with Crippen LogP contribution in [-0.4, -0.2) is 41.5 Å². The number of sulfonamides is 1. The van der Waals surface area contributed by atoms with E-state index in [4.69, 9.17) is 0 Å². The third kappa shape index (κ3) is 5.36. The largest absolute Gasteiger partial charge is 0.326 e. The summed E-state index contributed by atoms with van der Waals surface area (Å²) >= 11 is 0. The van der Waals surface area contributed by atoms with Crippen LogP contribution in [0.4, 0.5) is 5.69 Å². The van der Waals surface area contributed by atoms with Crippen molar-refractivity contribution in [1.29, 1.82) is 0 Å². The molecule has 0 aliphatic carbocycles. The summed E-state index contributed by atoms with van der Waals surface area (Å²) in [7, 11) is -3.56. The average Bonchev–Trinajstić information content (AvgIpc) is 2.96. The van der Waals surface area contributed by atoms with Gasteiger partial charge in [-0.3, -0.25) is 9.48 Å². The molecule has 2 aromatic rings. The molecule has 1 amide bonds. The molecule has 1 saturated heterocycles. The molecule has 0 radical (unpaired) electrons. The molecule has 3 rings (SSSR count). The van der Waals surface area contributed by atoms with E-state index >= 15 is 0 Å². The van der Waals surface area contributed by atoms with Gasteiger partial charge in [-0.15, -0.1) is 0 Å². The van der Waals surface area contributed by atoms with Crippen molar-refractivity contribution in [1.82, 2.24) is 14.1 Å². The lowest BCUT2D eigenvalue weighted by atomic mass is 10.1. The van der Waals surface area contributed by atoms with Crippen molar-refractivity contribution >= 4 is 21.6 Å². The molecule has 1 N–H and O–H groups in total. The van der Waals surface area contributed by atoms with E-state index in [1.165, 1.54) is 0 Å². The summed E-state index contributed by atoms with van der Waals surface area (Å²) in [5, 5.41) is 7.45. The molecule has 0 bridgehead atoms. The maximum Gasteiger partial charge on any atom is 0.243 e. The summed E-state index contributed by atoms with van der Waals surface area (Å²) in [6.45, 7) is 11.9. The van der Waals surface area contributed by atoms with Crippen LogP contribution in [0.5, 0.6) is 0 Å². The Labute approximate surface area is 185 Å². The molecule has 7 nitrogen and oxygen atoms in total. The fraction of sp³-hybridized carbons (Fsp3) is 0.565. The Kier molecular flexibility index (Phi) is 7.21. The number of anilines is 1. The summed E-state index contributed by atoms with van der Waals surface area (Å²) < 4.78 is 29.8. The van der Waals surface area contributed by atoms with Gasteiger partial charge in [0.25, 0.3) is 0 Å². The van der Waals surface area contributed by atoms with Crippen LogP contribution in [0.3, 0.4) is 0 Å². The summed E-state index contributed by atoms with van der Waals surface area (Å²) in [6, 6.07) is 5.09. The first-order chi connectivity index (χ1) is 14.6. The number of rotatable bonds is 7. The van der Waals surface area contributed by atoms with Crippen molar-refractivity contribution in [3.63, 3.8) is 0 Å². The molecule has 0 saturated carbocycles. The quantitative estimate of drug-likeness (QED) is 0.701. The minimum absolute atomic E-state index is 0.180. The highest BCUT2D eigenvalue weighted by Gasteiger charge is 2.27. The van der Waals surface area contributed by atoms with E-state index in [0.29, 0.717) is 30.3 Å². The molecular formula is C23H34N4O3S. The van der Waals surface area contributed by atoms with Crippen molar-refractivity contribution in [2.45, 2.75) is 71.7 Å². The van der Waals surface area contributed by atoms with Crippen LogP contribution in [0.15, 0.2) is 23.1 Å². The number of hydrogen-bond acceptors (Lipinski definition) is 4. The highest BCUT2D eigenvalue weighted by atomic mass is 32.2. The Hall–Kier alpha value is -2.19. The van der Waals surface area contributed by atoms with Gasteiger partial charge in [-0.05, 0) is 57.2 Å². The predicted molar refractivity (Wildman–Crippen MR) is 123 cm³/mol. The zero-order valence-corrected chi connectivity index (χ0v) is 20.1. The molecule has 170 valence electrons. The third-order valence-electron chi connectivity index (χ3n) is 5.81. The lowest BCUT2D eigenvalue weighted by Gasteiger charge is -2.26. The fourth-order valence-corrected chi connectivity index (χ4v) is 5.85. The van der Waals surface area contributed by atoms with Gasteiger partial charge in [0.05, 0.1) is 17.0 Å². The van der Waals surface area contributed by atoms with E-state index in [9.17, 15) is 13.2 Å². The molecule has 0 atom stereocenters. The molecule has 31 heavy (non-hydrogen) atoms. The van der Waals surface area contributed by atoms with Gasteiger partial charge in [0, 0.05) is 36.6 Å². The number of amides is 1. The first-order valence-corrected chi connectivity index (χ1v) is 12.5. The fourth-order valence-electron chi connectivity index (χ4n) is 4.08. The zero-order chi connectivity index (χ0) is 22.8. The highest BCUT2D eigenvalue weighted by Crippen LogP contribution is 2.26. The van der Waals surface area contributed by atoms with Gasteiger partial charge < -0.3 is 5.32 Å². The van der Waals surface area contributed by atoms with Gasteiger partial charge in [-0.2, -0.15) is 9.40 Å². The van der Waals surface area contributed by atoms with E-state index in [2.05, 4.69) is 24.3 Å². The Bertz CT molecular complexity index is 1050. The standard InChI is InChI=1S/C23H34N4O3S/c1-16(2)15-27-19(5)21(18(4)25-27)14-23(28)24-20-10-9-17(3)22(13-20)31(29,30)26-11-7-6-8-12-26/h9-10,13,16H,6-8,11-12,14-15H2,1-5H3,(H,24,28). The van der Waals surface area contributed by atoms with Crippen molar-refractivity contribution in [2.75, 3.05) is 18.4 Å². The first-order valence-electron chi connectivity index (χ1n) is 11.0. The molecule has 1 fully saturated rings. The Balaban J connectivity index is 1.77. The number of hydrogen-bond donors (Lipinski definition) is 1. The van der Waals surface area contributed by atoms with E-state index in [1.807, 2.05) is 18.5 Å². The maximum absolute atomic E-state index is 13.1. The van der Waals surface area contributed by atoms with Gasteiger partial charge in [0.15, 0.2) is 0 Å². The molecule has 8 heteroatoms. The van der Waals surface area contributed by atoms with Crippen LogP contribution < -0.4 is 5.32 Å². The number of carbonyl (C=O) groups is 1. The van der Waals surface area contributed by atoms with Crippen LogP contribution in [0.2, 0.25) is 0 Å². The zero-order valence-electron chi connectivity index (χ0n) is 19.2. The Morgan fingerprint density at radius 2 is 1.81 bits per heavy atom. The number of aryl methyl sites for hydroxylation is 2. The molecule has 1 aliphatic heterocycles. The average molecular weight is 447 g/mol. The monoisotopic (exact) mass is 446 g/mol. The smallest absolute Gasteiger partial charge is 0.243 e. The molecule has 1 aromatic heterocycles. The van der Waals surface area contributed by atoms with E-state index in [-0.39, 0.29) is 17.2 Å². The Morgan fingerprint density at radius 1 is 1.13 bits per heavy atom. The van der Waals surface area contributed by atoms with Crippen molar-refractivity contribution in [2.24, 2.45) is 5.92 Å². The molecule has 1 aliphatic rings. The SMILES string of the molecule is Cc1ccc(NC(=O)Cc2c(C)nn(CC(C)C)c2C)cc1S(=O)(=O)N1CCCCC1. The second kappa shape index (κ2) is 9.53. The topological polar surface area (TPSA) is 84.3 Å². The van der Waals surface area contributed by atoms with Gasteiger partial charge >= 0.3 is 0 Å². The minimum atomic E-state index is -3.56. The van der Waals surface area contributed by atoms with Crippen LogP contribution in [-0.2, 0) is 27.8 Å². The van der Waals surface area contributed by atoms with Gasteiger partial charge in [-0.1, -0.05) is 26.3 Å². The number of aromatic nitrogens is 2. The van der Waals surface area contributed by atoms with Gasteiger partial charge in [0.2, 0.25) is 15.9 Å². The van der Waals surface area contributed by atoms with Crippen molar-refractivity contribution in [3.05, 3.63) is 40.7 Å². The Morgan fingerprint density at radius 3 is 2.45 bits per heavy atom. The summed E-state index contributed by atoms with van der Waals surface area (Å²) in [5.41, 5.74) is 3.96. The van der Waals surface area contributed by atoms with Crippen LogP contribution in [0, 0.1) is 26.7 Å². The second-order valence-electron chi connectivity index (χ2n) is 8.90. The second-order valence-corrected chi connectivity index (χ2v) is 10.8. The number of carbonyl (C=O) groups excluding carboxylic acids is 1. The van der Waals surface area contributed by atoms with Crippen LogP contribution in [0.1, 0.15) is 55.6 Å². The lowest BCUT2D eigenvalue weighted by Crippen LogP contribution is -2.36. The lowest BCUT2D eigenvalue weighted by molar-refractivity contribution is -0.115. The number of nitrogens with one attached hydrogen (secondary N) is 1. The summed E-state index contributed by atoms with van der Waals surface area (Å²) in [6.07, 6.45) is 3.04. The number of nitrogens with zero attached hydrogens (tertiary/aromatic N) is 3. The first kappa shape index (κ1) is 23.5. The predicted octanol–water partition coefficient (Wildman–Crippen LogP) is 3.82. The van der Waals surface area contributed by atoms with Crippen molar-refractivity contribution < 1.29 is 13.2 Å². The number of piperidine rings is 1. The highest BCUT2D eigenvalue weighted by molar-refractivity contribution is 7.89. The number of benzene rings is 1. The normalized spacial score (nSPS) is 15.4. The molecule has 2 heterocycles. The maximum atomic E-state index is 13.1. The summed E-state index contributed by atoms with van der Waals surface area (Å²) in [4.78, 5) is 13.0. The molecule has 0 spiro atoms.